The van der Waals surface area contributed by atoms with Crippen molar-refractivity contribution < 1.29 is 14.4 Å². The number of hydrogen-bond acceptors (Lipinski definition) is 6. The Morgan fingerprint density at radius 3 is 2.43 bits per heavy atom. The highest BCUT2D eigenvalue weighted by molar-refractivity contribution is 7.09. The molecule has 2 heterocycles. The van der Waals surface area contributed by atoms with Crippen LogP contribution < -0.4 is 16.8 Å². The molecule has 192 valence electrons. The number of nitrogens with zero attached hydrogens (tertiary/aromatic N) is 2. The van der Waals surface area contributed by atoms with Gasteiger partial charge in [-0.05, 0) is 43.4 Å². The molecule has 4 aromatic rings. The molecule has 10 heteroatoms. The van der Waals surface area contributed by atoms with Gasteiger partial charge in [0.05, 0.1) is 5.69 Å². The zero-order valence-corrected chi connectivity index (χ0v) is 21.8. The maximum absolute atomic E-state index is 14.1. The first-order valence-electron chi connectivity index (χ1n) is 11.9. The quantitative estimate of drug-likeness (QED) is 0.264. The minimum Gasteiger partial charge on any atom is -0.395 e. The van der Waals surface area contributed by atoms with Crippen molar-refractivity contribution in [2.24, 2.45) is 5.73 Å². The van der Waals surface area contributed by atoms with E-state index in [0.29, 0.717) is 12.0 Å². The fourth-order valence-corrected chi connectivity index (χ4v) is 4.84. The summed E-state index contributed by atoms with van der Waals surface area (Å²) in [5.41, 5.74) is 13.1. The highest BCUT2D eigenvalue weighted by Crippen LogP contribution is 2.34. The third kappa shape index (κ3) is 5.34. The Kier molecular flexibility index (Phi) is 7.30. The number of H-pyrrole nitrogens is 1. The van der Waals surface area contributed by atoms with Crippen molar-refractivity contribution in [3.63, 3.8) is 0 Å². The van der Waals surface area contributed by atoms with E-state index in [1.54, 1.807) is 6.20 Å². The second-order valence-corrected chi connectivity index (χ2v) is 10.2. The summed E-state index contributed by atoms with van der Waals surface area (Å²) in [6.07, 6.45) is 2.44. The van der Waals surface area contributed by atoms with E-state index < -0.39 is 23.4 Å². The first-order chi connectivity index (χ1) is 17.6. The van der Waals surface area contributed by atoms with E-state index in [4.69, 9.17) is 11.5 Å². The van der Waals surface area contributed by atoms with Crippen LogP contribution in [0, 0.1) is 0 Å². The Labute approximate surface area is 219 Å². The van der Waals surface area contributed by atoms with Crippen LogP contribution in [0.5, 0.6) is 0 Å². The van der Waals surface area contributed by atoms with Gasteiger partial charge in [-0.3, -0.25) is 14.4 Å². The first kappa shape index (κ1) is 25.9. The minimum absolute atomic E-state index is 0.0529. The number of primary amides is 1. The molecule has 0 saturated carbocycles. The topological polar surface area (TPSA) is 147 Å². The molecular formula is C27H30N6O3S. The Bertz CT molecular complexity index is 1440. The van der Waals surface area contributed by atoms with Gasteiger partial charge in [0.1, 0.15) is 10.9 Å². The molecule has 0 aliphatic heterocycles. The average molecular weight is 519 g/mol. The monoisotopic (exact) mass is 518 g/mol. The van der Waals surface area contributed by atoms with Crippen molar-refractivity contribution in [3.05, 3.63) is 82.5 Å². The highest BCUT2D eigenvalue weighted by atomic mass is 32.1. The molecule has 4 rings (SSSR count). The number of anilines is 1. The Balaban J connectivity index is 1.89. The van der Waals surface area contributed by atoms with Crippen molar-refractivity contribution in [3.8, 4) is 0 Å². The molecule has 0 aliphatic carbocycles. The van der Waals surface area contributed by atoms with Gasteiger partial charge in [0.2, 0.25) is 5.91 Å². The highest BCUT2D eigenvalue weighted by Gasteiger charge is 2.37. The van der Waals surface area contributed by atoms with Crippen molar-refractivity contribution in [1.82, 2.24) is 19.6 Å². The van der Waals surface area contributed by atoms with Crippen LogP contribution in [-0.4, -0.2) is 37.5 Å². The molecule has 0 unspecified atom stereocenters. The number of para-hydroxylation sites is 1. The Morgan fingerprint density at radius 1 is 1.11 bits per heavy atom. The average Bonchev–Trinajstić information content (AvgIpc) is 3.47. The SMILES string of the molecule is CCC(C)(C)NC(=O)[C@H](c1c[nH]c2ccccc12)N(Cc1ccccc1)C(=O)c1snc(C(N)=O)c1N. The summed E-state index contributed by atoms with van der Waals surface area (Å²) in [5, 5.41) is 3.92. The van der Waals surface area contributed by atoms with Gasteiger partial charge in [-0.1, -0.05) is 55.5 Å². The third-order valence-electron chi connectivity index (χ3n) is 6.43. The van der Waals surface area contributed by atoms with Crippen molar-refractivity contribution >= 4 is 45.8 Å². The lowest BCUT2D eigenvalue weighted by Crippen LogP contribution is -2.50. The molecule has 2 aromatic carbocycles. The van der Waals surface area contributed by atoms with Crippen LogP contribution in [0.25, 0.3) is 10.9 Å². The van der Waals surface area contributed by atoms with E-state index in [1.165, 1.54) is 4.90 Å². The van der Waals surface area contributed by atoms with E-state index in [0.717, 1.165) is 28.0 Å². The molecule has 0 bridgehead atoms. The zero-order valence-electron chi connectivity index (χ0n) is 20.9. The van der Waals surface area contributed by atoms with Gasteiger partial charge in [-0.2, -0.15) is 4.37 Å². The molecule has 1 atom stereocenters. The van der Waals surface area contributed by atoms with Gasteiger partial charge in [-0.25, -0.2) is 0 Å². The number of hydrogen-bond donors (Lipinski definition) is 4. The van der Waals surface area contributed by atoms with E-state index in [2.05, 4.69) is 14.7 Å². The molecule has 37 heavy (non-hydrogen) atoms. The molecule has 0 radical (unpaired) electrons. The summed E-state index contributed by atoms with van der Waals surface area (Å²) in [7, 11) is 0. The van der Waals surface area contributed by atoms with Crippen LogP contribution >= 0.6 is 11.5 Å². The second kappa shape index (κ2) is 10.4. The van der Waals surface area contributed by atoms with Gasteiger partial charge < -0.3 is 26.7 Å². The van der Waals surface area contributed by atoms with Crippen molar-refractivity contribution in [1.29, 1.82) is 0 Å². The molecule has 2 aromatic heterocycles. The molecule has 0 fully saturated rings. The summed E-state index contributed by atoms with van der Waals surface area (Å²) in [6.45, 7) is 5.96. The number of rotatable bonds is 9. The van der Waals surface area contributed by atoms with Crippen LogP contribution in [0.3, 0.4) is 0 Å². The maximum Gasteiger partial charge on any atom is 0.270 e. The zero-order chi connectivity index (χ0) is 26.7. The lowest BCUT2D eigenvalue weighted by Gasteiger charge is -2.34. The summed E-state index contributed by atoms with van der Waals surface area (Å²) in [4.78, 5) is 44.6. The van der Waals surface area contributed by atoms with Gasteiger partial charge in [0, 0.05) is 34.7 Å². The van der Waals surface area contributed by atoms with Gasteiger partial charge in [0.25, 0.3) is 11.8 Å². The standard InChI is InChI=1S/C27H30N6O3S/c1-4-27(2,3)31-25(35)22(18-14-30-19-13-9-8-12-17(18)19)33(15-16-10-6-5-7-11-16)26(36)23-20(28)21(24(29)34)32-37-23/h5-14,22,30H,4,15,28H2,1-3H3,(H2,29,34)(H,31,35)/t22-/m0/s1. The van der Waals surface area contributed by atoms with Crippen molar-refractivity contribution in [2.45, 2.75) is 45.3 Å². The fraction of sp³-hybridized carbons (Fsp3) is 0.259. The molecule has 0 aliphatic rings. The number of aromatic amines is 1. The predicted octanol–water partition coefficient (Wildman–Crippen LogP) is 3.99. The molecular weight excluding hydrogens is 488 g/mol. The number of aromatic nitrogens is 2. The number of nitrogen functional groups attached to an aromatic ring is 1. The minimum atomic E-state index is -1.01. The third-order valence-corrected chi connectivity index (χ3v) is 7.28. The number of benzene rings is 2. The van der Waals surface area contributed by atoms with Crippen LogP contribution in [0.4, 0.5) is 5.69 Å². The summed E-state index contributed by atoms with van der Waals surface area (Å²) in [5.74, 6) is -1.68. The number of nitrogens with two attached hydrogens (primary N) is 2. The van der Waals surface area contributed by atoms with Crippen LogP contribution in [-0.2, 0) is 11.3 Å². The summed E-state index contributed by atoms with van der Waals surface area (Å²) >= 11 is 0.793. The van der Waals surface area contributed by atoms with Crippen LogP contribution in [0.1, 0.15) is 64.5 Å². The largest absolute Gasteiger partial charge is 0.395 e. The number of carbonyl (C=O) groups excluding carboxylic acids is 3. The molecule has 3 amide bonds. The lowest BCUT2D eigenvalue weighted by molar-refractivity contribution is -0.127. The summed E-state index contributed by atoms with van der Waals surface area (Å²) in [6, 6.07) is 16.0. The molecule has 9 nitrogen and oxygen atoms in total. The summed E-state index contributed by atoms with van der Waals surface area (Å²) < 4.78 is 4.00. The van der Waals surface area contributed by atoms with Crippen LogP contribution in [0.15, 0.2) is 60.8 Å². The van der Waals surface area contributed by atoms with E-state index >= 15 is 0 Å². The van der Waals surface area contributed by atoms with Gasteiger partial charge in [0.15, 0.2) is 5.69 Å². The lowest BCUT2D eigenvalue weighted by atomic mass is 9.97. The number of fused-ring (bicyclic) bond motifs is 1. The fourth-order valence-electron chi connectivity index (χ4n) is 4.08. The van der Waals surface area contributed by atoms with E-state index in [-0.39, 0.29) is 28.7 Å². The number of amides is 3. The Hall–Kier alpha value is -4.18. The molecule has 6 N–H and O–H groups in total. The van der Waals surface area contributed by atoms with Crippen molar-refractivity contribution in [2.75, 3.05) is 5.73 Å². The van der Waals surface area contributed by atoms with Gasteiger partial charge >= 0.3 is 0 Å². The Morgan fingerprint density at radius 2 is 1.78 bits per heavy atom. The first-order valence-corrected chi connectivity index (χ1v) is 12.7. The molecule has 0 saturated heterocycles. The normalized spacial score (nSPS) is 12.3. The van der Waals surface area contributed by atoms with Crippen LogP contribution in [0.2, 0.25) is 0 Å². The maximum atomic E-state index is 14.1. The van der Waals surface area contributed by atoms with Gasteiger partial charge in [-0.15, -0.1) is 0 Å². The number of carbonyl (C=O) groups is 3. The smallest absolute Gasteiger partial charge is 0.270 e. The second-order valence-electron chi connectivity index (χ2n) is 9.48. The van der Waals surface area contributed by atoms with E-state index in [1.807, 2.05) is 75.4 Å². The predicted molar refractivity (Wildman–Crippen MR) is 145 cm³/mol. The molecule has 0 spiro atoms. The van der Waals surface area contributed by atoms with E-state index in [9.17, 15) is 14.4 Å². The number of nitrogens with one attached hydrogen (secondary N) is 2.